The Bertz CT molecular complexity index is 1160. The molecule has 4 rings (SSSR count). The summed E-state index contributed by atoms with van der Waals surface area (Å²) in [5.41, 5.74) is 5.80. The first-order valence-corrected chi connectivity index (χ1v) is 11.0. The van der Waals surface area contributed by atoms with Crippen molar-refractivity contribution >= 4 is 16.8 Å². The number of amides is 1. The summed E-state index contributed by atoms with van der Waals surface area (Å²) in [5, 5.41) is 4.32. The molecular formula is C27H29N3O. The van der Waals surface area contributed by atoms with Crippen molar-refractivity contribution in [2.75, 3.05) is 6.54 Å². The van der Waals surface area contributed by atoms with Crippen molar-refractivity contribution in [2.45, 2.75) is 39.2 Å². The van der Waals surface area contributed by atoms with Crippen LogP contribution in [0.1, 0.15) is 41.6 Å². The molecule has 4 nitrogen and oxygen atoms in total. The van der Waals surface area contributed by atoms with Crippen molar-refractivity contribution in [2.24, 2.45) is 0 Å². The molecule has 0 radical (unpaired) electrons. The number of carbonyl (C=O) groups excluding carboxylic acids is 1. The van der Waals surface area contributed by atoms with Crippen molar-refractivity contribution < 1.29 is 4.79 Å². The molecule has 4 heteroatoms. The van der Waals surface area contributed by atoms with Crippen molar-refractivity contribution in [3.05, 3.63) is 102 Å². The zero-order chi connectivity index (χ0) is 21.6. The van der Waals surface area contributed by atoms with E-state index in [-0.39, 0.29) is 11.8 Å². The topological polar surface area (TPSA) is 46.9 Å². The summed E-state index contributed by atoms with van der Waals surface area (Å²) in [4.78, 5) is 17.3. The number of nitrogens with zero attached hydrogens (tertiary/aromatic N) is 2. The normalized spacial score (nSPS) is 12.1. The summed E-state index contributed by atoms with van der Waals surface area (Å²) in [7, 11) is 0. The van der Waals surface area contributed by atoms with Gasteiger partial charge in [0.05, 0.1) is 0 Å². The quantitative estimate of drug-likeness (QED) is 0.431. The standard InChI is InChI=1S/C27H29N3O/c1-3-30-19-25(23-12-4-5-13-26(23)30)24(21-10-8-9-20(2)17-21)18-27(31)29-16-14-22-11-6-7-15-28-22/h4-13,15,17,19,24H,3,14,16,18H2,1-2H3,(H,29,31). The number of nitrogens with one attached hydrogen (secondary N) is 1. The number of fused-ring (bicyclic) bond motifs is 1. The van der Waals surface area contributed by atoms with Crippen LogP contribution in [-0.4, -0.2) is 22.0 Å². The maximum atomic E-state index is 12.9. The molecule has 1 N–H and O–H groups in total. The molecule has 1 unspecified atom stereocenters. The largest absolute Gasteiger partial charge is 0.356 e. The highest BCUT2D eigenvalue weighted by molar-refractivity contribution is 5.86. The lowest BCUT2D eigenvalue weighted by Gasteiger charge is -2.18. The Kier molecular flexibility index (Phi) is 6.46. The monoisotopic (exact) mass is 411 g/mol. The molecule has 4 aromatic rings. The van der Waals surface area contributed by atoms with E-state index in [4.69, 9.17) is 0 Å². The van der Waals surface area contributed by atoms with Gasteiger partial charge in [-0.05, 0) is 43.2 Å². The number of hydrogen-bond acceptors (Lipinski definition) is 2. The molecule has 2 aromatic carbocycles. The predicted molar refractivity (Wildman–Crippen MR) is 126 cm³/mol. The molecule has 2 heterocycles. The van der Waals surface area contributed by atoms with Crippen molar-refractivity contribution in [3.63, 3.8) is 0 Å². The second-order valence-corrected chi connectivity index (χ2v) is 7.98. The van der Waals surface area contributed by atoms with E-state index in [9.17, 15) is 4.79 Å². The Hall–Kier alpha value is -3.40. The SMILES string of the molecule is CCn1cc(C(CC(=O)NCCc2ccccn2)c2cccc(C)c2)c2ccccc21. The van der Waals surface area contributed by atoms with Crippen LogP contribution in [0.2, 0.25) is 0 Å². The average molecular weight is 412 g/mol. The van der Waals surface area contributed by atoms with Crippen LogP contribution in [-0.2, 0) is 17.8 Å². The van der Waals surface area contributed by atoms with Crippen molar-refractivity contribution in [1.29, 1.82) is 0 Å². The number of aromatic nitrogens is 2. The fourth-order valence-electron chi connectivity index (χ4n) is 4.24. The van der Waals surface area contributed by atoms with Gasteiger partial charge < -0.3 is 9.88 Å². The first kappa shape index (κ1) is 20.9. The van der Waals surface area contributed by atoms with Crippen LogP contribution in [0.25, 0.3) is 10.9 Å². The van der Waals surface area contributed by atoms with Crippen LogP contribution in [0, 0.1) is 6.92 Å². The Morgan fingerprint density at radius 1 is 1.06 bits per heavy atom. The lowest BCUT2D eigenvalue weighted by molar-refractivity contribution is -0.121. The number of carbonyl (C=O) groups is 1. The maximum Gasteiger partial charge on any atom is 0.220 e. The van der Waals surface area contributed by atoms with E-state index in [0.717, 1.165) is 18.7 Å². The van der Waals surface area contributed by atoms with Gasteiger partial charge in [0, 0.05) is 60.8 Å². The van der Waals surface area contributed by atoms with Crippen LogP contribution >= 0.6 is 0 Å². The molecule has 0 aliphatic rings. The lowest BCUT2D eigenvalue weighted by atomic mass is 9.87. The van der Waals surface area contributed by atoms with E-state index < -0.39 is 0 Å². The van der Waals surface area contributed by atoms with Crippen molar-refractivity contribution in [3.8, 4) is 0 Å². The van der Waals surface area contributed by atoms with Crippen LogP contribution in [0.3, 0.4) is 0 Å². The highest BCUT2D eigenvalue weighted by Gasteiger charge is 2.22. The summed E-state index contributed by atoms with van der Waals surface area (Å²) in [6.07, 6.45) is 5.16. The van der Waals surface area contributed by atoms with Gasteiger partial charge in [0.25, 0.3) is 0 Å². The minimum atomic E-state index is 0.00690. The minimum absolute atomic E-state index is 0.00690. The van der Waals surface area contributed by atoms with Gasteiger partial charge >= 0.3 is 0 Å². The van der Waals surface area contributed by atoms with Gasteiger partial charge in [0.1, 0.15) is 0 Å². The maximum absolute atomic E-state index is 12.9. The fourth-order valence-corrected chi connectivity index (χ4v) is 4.24. The zero-order valence-electron chi connectivity index (χ0n) is 18.2. The second-order valence-electron chi connectivity index (χ2n) is 7.98. The minimum Gasteiger partial charge on any atom is -0.356 e. The first-order chi connectivity index (χ1) is 15.2. The van der Waals surface area contributed by atoms with E-state index >= 15 is 0 Å². The third-order valence-electron chi connectivity index (χ3n) is 5.80. The van der Waals surface area contributed by atoms with Crippen molar-refractivity contribution in [1.82, 2.24) is 14.9 Å². The number of pyridine rings is 1. The van der Waals surface area contributed by atoms with E-state index in [1.54, 1.807) is 6.20 Å². The lowest BCUT2D eigenvalue weighted by Crippen LogP contribution is -2.27. The smallest absolute Gasteiger partial charge is 0.220 e. The van der Waals surface area contributed by atoms with Gasteiger partial charge in [0.2, 0.25) is 5.91 Å². The average Bonchev–Trinajstić information content (AvgIpc) is 3.17. The molecule has 0 bridgehead atoms. The predicted octanol–water partition coefficient (Wildman–Crippen LogP) is 5.25. The number of benzene rings is 2. The Morgan fingerprint density at radius 3 is 2.68 bits per heavy atom. The van der Waals surface area contributed by atoms with E-state index in [1.165, 1.54) is 27.6 Å². The molecular weight excluding hydrogens is 382 g/mol. The summed E-state index contributed by atoms with van der Waals surface area (Å²) in [6.45, 7) is 5.75. The first-order valence-electron chi connectivity index (χ1n) is 11.0. The highest BCUT2D eigenvalue weighted by Crippen LogP contribution is 2.35. The molecule has 1 amide bonds. The molecule has 0 saturated heterocycles. The Labute approximate surface area is 183 Å². The zero-order valence-corrected chi connectivity index (χ0v) is 18.2. The fraction of sp³-hybridized carbons (Fsp3) is 0.259. The molecule has 158 valence electrons. The van der Waals surface area contributed by atoms with Gasteiger partial charge in [-0.2, -0.15) is 0 Å². The molecule has 0 spiro atoms. The number of para-hydroxylation sites is 1. The molecule has 0 aliphatic heterocycles. The molecule has 0 saturated carbocycles. The highest BCUT2D eigenvalue weighted by atomic mass is 16.1. The van der Waals surface area contributed by atoms with Gasteiger partial charge in [-0.25, -0.2) is 0 Å². The number of aryl methyl sites for hydroxylation is 2. The molecule has 1 atom stereocenters. The van der Waals surface area contributed by atoms with Gasteiger partial charge in [-0.15, -0.1) is 0 Å². The molecule has 31 heavy (non-hydrogen) atoms. The summed E-state index contributed by atoms with van der Waals surface area (Å²) in [6, 6.07) is 22.8. The van der Waals surface area contributed by atoms with Gasteiger partial charge in [-0.1, -0.05) is 54.1 Å². The third-order valence-corrected chi connectivity index (χ3v) is 5.80. The number of hydrogen-bond donors (Lipinski definition) is 1. The van der Waals surface area contributed by atoms with Crippen LogP contribution in [0.4, 0.5) is 0 Å². The van der Waals surface area contributed by atoms with Crippen LogP contribution in [0.15, 0.2) is 79.1 Å². The Balaban J connectivity index is 1.59. The van der Waals surface area contributed by atoms with E-state index in [1.807, 2.05) is 18.2 Å². The summed E-state index contributed by atoms with van der Waals surface area (Å²) >= 11 is 0. The van der Waals surface area contributed by atoms with Gasteiger partial charge in [0.15, 0.2) is 0 Å². The molecule has 0 fully saturated rings. The van der Waals surface area contributed by atoms with E-state index in [2.05, 4.69) is 83.4 Å². The summed E-state index contributed by atoms with van der Waals surface area (Å²) < 4.78 is 2.27. The van der Waals surface area contributed by atoms with Gasteiger partial charge in [-0.3, -0.25) is 9.78 Å². The van der Waals surface area contributed by atoms with E-state index in [0.29, 0.717) is 13.0 Å². The second kappa shape index (κ2) is 9.61. The molecule has 2 aromatic heterocycles. The third kappa shape index (κ3) is 4.85. The Morgan fingerprint density at radius 2 is 1.90 bits per heavy atom. The summed E-state index contributed by atoms with van der Waals surface area (Å²) in [5.74, 6) is 0.0724. The molecule has 0 aliphatic carbocycles. The number of rotatable bonds is 8. The van der Waals surface area contributed by atoms with Crippen LogP contribution in [0.5, 0.6) is 0 Å². The van der Waals surface area contributed by atoms with Crippen LogP contribution < -0.4 is 5.32 Å².